The second kappa shape index (κ2) is 5.92. The Hall–Kier alpha value is -0.780. The van der Waals surface area contributed by atoms with Gasteiger partial charge in [0, 0.05) is 22.8 Å². The molecule has 0 fully saturated rings. The van der Waals surface area contributed by atoms with E-state index >= 15 is 0 Å². The molecule has 0 saturated heterocycles. The molecule has 1 atom stereocenters. The summed E-state index contributed by atoms with van der Waals surface area (Å²) in [6, 6.07) is 4.93. The molecule has 5 heteroatoms. The van der Waals surface area contributed by atoms with E-state index in [9.17, 15) is 9.50 Å². The fourth-order valence-electron chi connectivity index (χ4n) is 1.80. The normalized spacial score (nSPS) is 13.5. The van der Waals surface area contributed by atoms with E-state index in [0.29, 0.717) is 16.5 Å². The molecule has 1 unspecified atom stereocenters. The first-order valence-corrected chi connectivity index (χ1v) is 8.03. The molecular formula is C15H17BrFNOS. The maximum Gasteiger partial charge on any atom is 0.143 e. The number of aromatic nitrogens is 1. The molecule has 0 amide bonds. The third kappa shape index (κ3) is 3.45. The first-order valence-electron chi connectivity index (χ1n) is 6.36. The van der Waals surface area contributed by atoms with Crippen LogP contribution in [0.2, 0.25) is 0 Å². The summed E-state index contributed by atoms with van der Waals surface area (Å²) in [5, 5.41) is 13.0. The molecule has 0 aliphatic heterocycles. The van der Waals surface area contributed by atoms with Crippen molar-refractivity contribution in [3.8, 4) is 0 Å². The van der Waals surface area contributed by atoms with Crippen molar-refractivity contribution < 1.29 is 9.50 Å². The lowest BCUT2D eigenvalue weighted by Gasteiger charge is -2.14. The van der Waals surface area contributed by atoms with Gasteiger partial charge in [0.15, 0.2) is 0 Å². The van der Waals surface area contributed by atoms with Crippen LogP contribution in [0.1, 0.15) is 43.1 Å². The number of hydrogen-bond acceptors (Lipinski definition) is 3. The van der Waals surface area contributed by atoms with E-state index in [2.05, 4.69) is 41.7 Å². The number of aliphatic hydroxyl groups is 1. The number of hydrogen-bond donors (Lipinski definition) is 1. The fraction of sp³-hybridized carbons (Fsp3) is 0.400. The molecule has 2 nitrogen and oxygen atoms in total. The van der Waals surface area contributed by atoms with E-state index in [1.165, 1.54) is 11.3 Å². The molecular weight excluding hydrogens is 341 g/mol. The zero-order valence-electron chi connectivity index (χ0n) is 11.7. The molecule has 108 valence electrons. The van der Waals surface area contributed by atoms with Crippen molar-refractivity contribution in [2.75, 3.05) is 0 Å². The van der Waals surface area contributed by atoms with Crippen molar-refractivity contribution in [2.24, 2.45) is 0 Å². The van der Waals surface area contributed by atoms with Crippen molar-refractivity contribution in [2.45, 2.75) is 38.7 Å². The standard InChI is InChI=1S/C15H17BrFNOS/c1-15(2,3)12-8-20-13(18-12)7-11(19)9-5-4-6-10(16)14(9)17/h4-6,8,11,19H,7H2,1-3H3. The number of aliphatic hydroxyl groups excluding tert-OH is 1. The van der Waals surface area contributed by atoms with Crippen molar-refractivity contribution >= 4 is 27.3 Å². The summed E-state index contributed by atoms with van der Waals surface area (Å²) in [5.74, 6) is -0.410. The zero-order valence-corrected chi connectivity index (χ0v) is 14.1. The number of thiazole rings is 1. The van der Waals surface area contributed by atoms with Crippen molar-refractivity contribution in [1.82, 2.24) is 4.98 Å². The van der Waals surface area contributed by atoms with Crippen LogP contribution in [0.5, 0.6) is 0 Å². The van der Waals surface area contributed by atoms with E-state index in [1.54, 1.807) is 18.2 Å². The molecule has 0 saturated carbocycles. The Labute approximate surface area is 130 Å². The Morgan fingerprint density at radius 3 is 2.70 bits per heavy atom. The Morgan fingerprint density at radius 1 is 1.40 bits per heavy atom. The maximum absolute atomic E-state index is 13.9. The van der Waals surface area contributed by atoms with E-state index < -0.39 is 11.9 Å². The van der Waals surface area contributed by atoms with Gasteiger partial charge in [-0.25, -0.2) is 9.37 Å². The summed E-state index contributed by atoms with van der Waals surface area (Å²) in [4.78, 5) is 4.52. The van der Waals surface area contributed by atoms with E-state index in [4.69, 9.17) is 0 Å². The highest BCUT2D eigenvalue weighted by Gasteiger charge is 2.20. The van der Waals surface area contributed by atoms with Crippen LogP contribution in [-0.4, -0.2) is 10.1 Å². The molecule has 0 bridgehead atoms. The molecule has 2 rings (SSSR count). The quantitative estimate of drug-likeness (QED) is 0.869. The van der Waals surface area contributed by atoms with E-state index in [-0.39, 0.29) is 5.41 Å². The van der Waals surface area contributed by atoms with Gasteiger partial charge in [-0.15, -0.1) is 11.3 Å². The smallest absolute Gasteiger partial charge is 0.143 e. The lowest BCUT2D eigenvalue weighted by Crippen LogP contribution is -2.12. The third-order valence-corrected chi connectivity index (χ3v) is 4.51. The summed E-state index contributed by atoms with van der Waals surface area (Å²) in [6.07, 6.45) is -0.555. The minimum absolute atomic E-state index is 0.0132. The first-order chi connectivity index (χ1) is 9.29. The maximum atomic E-state index is 13.9. The van der Waals surface area contributed by atoms with Crippen LogP contribution in [0.25, 0.3) is 0 Å². The predicted octanol–water partition coefficient (Wildman–Crippen LogP) is 4.62. The summed E-state index contributed by atoms with van der Waals surface area (Å²) in [6.45, 7) is 6.28. The van der Waals surface area contributed by atoms with Crippen LogP contribution in [0.15, 0.2) is 28.1 Å². The van der Waals surface area contributed by atoms with Gasteiger partial charge in [0.05, 0.1) is 21.3 Å². The highest BCUT2D eigenvalue weighted by atomic mass is 79.9. The molecule has 0 aliphatic carbocycles. The van der Waals surface area contributed by atoms with Crippen LogP contribution < -0.4 is 0 Å². The monoisotopic (exact) mass is 357 g/mol. The Morgan fingerprint density at radius 2 is 2.10 bits per heavy atom. The highest BCUT2D eigenvalue weighted by molar-refractivity contribution is 9.10. The Bertz CT molecular complexity index is 606. The van der Waals surface area contributed by atoms with Crippen molar-refractivity contribution in [3.05, 3.63) is 50.1 Å². The van der Waals surface area contributed by atoms with Gasteiger partial charge in [0.25, 0.3) is 0 Å². The molecule has 1 heterocycles. The van der Waals surface area contributed by atoms with Crippen LogP contribution >= 0.6 is 27.3 Å². The van der Waals surface area contributed by atoms with E-state index in [1.807, 2.05) is 5.38 Å². The van der Waals surface area contributed by atoms with Gasteiger partial charge in [-0.3, -0.25) is 0 Å². The summed E-state index contributed by atoms with van der Waals surface area (Å²) in [7, 11) is 0. The second-order valence-corrected chi connectivity index (χ2v) is 7.54. The van der Waals surface area contributed by atoms with Crippen LogP contribution in [0, 0.1) is 5.82 Å². The van der Waals surface area contributed by atoms with Crippen LogP contribution in [0.3, 0.4) is 0 Å². The summed E-state index contributed by atoms with van der Waals surface area (Å²) >= 11 is 4.64. The fourth-order valence-corrected chi connectivity index (χ4v) is 3.24. The second-order valence-electron chi connectivity index (χ2n) is 5.74. The van der Waals surface area contributed by atoms with Gasteiger partial charge in [0.2, 0.25) is 0 Å². The molecule has 1 N–H and O–H groups in total. The minimum Gasteiger partial charge on any atom is -0.388 e. The molecule has 0 spiro atoms. The van der Waals surface area contributed by atoms with E-state index in [0.717, 1.165) is 10.7 Å². The van der Waals surface area contributed by atoms with Gasteiger partial charge >= 0.3 is 0 Å². The van der Waals surface area contributed by atoms with Gasteiger partial charge in [-0.2, -0.15) is 0 Å². The number of rotatable bonds is 3. The molecule has 0 radical (unpaired) electrons. The minimum atomic E-state index is -0.883. The summed E-state index contributed by atoms with van der Waals surface area (Å²) in [5.41, 5.74) is 1.28. The SMILES string of the molecule is CC(C)(C)c1csc(CC(O)c2cccc(Br)c2F)n1. The predicted molar refractivity (Wildman–Crippen MR) is 83.6 cm³/mol. The number of nitrogens with zero attached hydrogens (tertiary/aromatic N) is 1. The lowest BCUT2D eigenvalue weighted by atomic mass is 9.93. The average molecular weight is 358 g/mol. The average Bonchev–Trinajstić information content (AvgIpc) is 2.81. The van der Waals surface area contributed by atoms with Crippen molar-refractivity contribution in [3.63, 3.8) is 0 Å². The van der Waals surface area contributed by atoms with Crippen LogP contribution in [-0.2, 0) is 11.8 Å². The van der Waals surface area contributed by atoms with Gasteiger partial charge < -0.3 is 5.11 Å². The first kappa shape index (κ1) is 15.6. The Kier molecular flexibility index (Phi) is 4.62. The number of halogens is 2. The lowest BCUT2D eigenvalue weighted by molar-refractivity contribution is 0.173. The van der Waals surface area contributed by atoms with Crippen molar-refractivity contribution in [1.29, 1.82) is 0 Å². The highest BCUT2D eigenvalue weighted by Crippen LogP contribution is 2.29. The molecule has 2 aromatic rings. The molecule has 20 heavy (non-hydrogen) atoms. The Balaban J connectivity index is 2.18. The van der Waals surface area contributed by atoms with Gasteiger partial charge in [-0.1, -0.05) is 32.9 Å². The van der Waals surface area contributed by atoms with Gasteiger partial charge in [0.1, 0.15) is 5.82 Å². The largest absolute Gasteiger partial charge is 0.388 e. The summed E-state index contributed by atoms with van der Waals surface area (Å²) < 4.78 is 14.3. The topological polar surface area (TPSA) is 33.1 Å². The molecule has 0 aliphatic rings. The van der Waals surface area contributed by atoms with Gasteiger partial charge in [-0.05, 0) is 22.0 Å². The molecule has 1 aromatic heterocycles. The number of benzene rings is 1. The zero-order chi connectivity index (χ0) is 14.9. The molecule has 1 aromatic carbocycles. The third-order valence-electron chi connectivity index (χ3n) is 3.03. The van der Waals surface area contributed by atoms with Crippen LogP contribution in [0.4, 0.5) is 4.39 Å².